The Morgan fingerprint density at radius 2 is 1.71 bits per heavy atom. The number of hydrogen-bond acceptors (Lipinski definition) is 8. The molecule has 188 valence electrons. The minimum absolute atomic E-state index is 0.0177. The highest BCUT2D eigenvalue weighted by Gasteiger charge is 2.39. The highest BCUT2D eigenvalue weighted by molar-refractivity contribution is 7.93. The molecule has 2 aliphatic heterocycles. The quantitative estimate of drug-likeness (QED) is 0.647. The number of hydrogen-bond donors (Lipinski definition) is 2. The van der Waals surface area contributed by atoms with Crippen LogP contribution in [0, 0.1) is 11.3 Å². The van der Waals surface area contributed by atoms with Crippen LogP contribution in [0.15, 0.2) is 35.5 Å². The molecule has 35 heavy (non-hydrogen) atoms. The highest BCUT2D eigenvalue weighted by atomic mass is 32.2. The van der Waals surface area contributed by atoms with Gasteiger partial charge in [0.2, 0.25) is 5.88 Å². The maximum absolute atomic E-state index is 13.3. The Kier molecular flexibility index (Phi) is 6.20. The number of carbonyl (C=O) groups is 1. The summed E-state index contributed by atoms with van der Waals surface area (Å²) in [4.78, 5) is 20.9. The number of aliphatic carboxylic acids is 1. The Bertz CT molecular complexity index is 1190. The summed E-state index contributed by atoms with van der Waals surface area (Å²) < 4.78 is 33.5. The van der Waals surface area contributed by atoms with Crippen molar-refractivity contribution in [2.24, 2.45) is 11.3 Å². The van der Waals surface area contributed by atoms with Gasteiger partial charge in [0.1, 0.15) is 12.9 Å². The SMILES string of the molecule is Nc1ncnc2c1S(=O)(=O)N(c1ccc(N3CCC4(CCC(CC(=O)O)CC4)CC3)cc1)CCO2. The lowest BCUT2D eigenvalue weighted by atomic mass is 9.65. The van der Waals surface area contributed by atoms with Gasteiger partial charge in [-0.3, -0.25) is 9.10 Å². The summed E-state index contributed by atoms with van der Waals surface area (Å²) in [6.07, 6.45) is 7.92. The number of nitrogens with zero attached hydrogens (tertiary/aromatic N) is 4. The van der Waals surface area contributed by atoms with Gasteiger partial charge in [0.05, 0.1) is 12.2 Å². The first-order chi connectivity index (χ1) is 16.8. The molecule has 1 aliphatic carbocycles. The first kappa shape index (κ1) is 23.7. The minimum Gasteiger partial charge on any atom is -0.481 e. The molecule has 2 fully saturated rings. The van der Waals surface area contributed by atoms with Gasteiger partial charge in [-0.25, -0.2) is 18.4 Å². The third-order valence-corrected chi connectivity index (χ3v) is 9.71. The molecule has 2 aromatic rings. The first-order valence-corrected chi connectivity index (χ1v) is 13.5. The van der Waals surface area contributed by atoms with Crippen LogP contribution in [0.1, 0.15) is 44.9 Å². The molecule has 5 rings (SSSR count). The average Bonchev–Trinajstić information content (AvgIpc) is 2.97. The number of piperidine rings is 1. The van der Waals surface area contributed by atoms with E-state index in [1.807, 2.05) is 24.3 Å². The second kappa shape index (κ2) is 9.18. The van der Waals surface area contributed by atoms with Crippen molar-refractivity contribution in [2.45, 2.75) is 49.8 Å². The van der Waals surface area contributed by atoms with Crippen LogP contribution in [0.4, 0.5) is 17.2 Å². The molecule has 3 N–H and O–H groups in total. The lowest BCUT2D eigenvalue weighted by Gasteiger charge is -2.46. The number of fused-ring (bicyclic) bond motifs is 1. The number of rotatable bonds is 4. The number of carboxylic acids is 1. The molecule has 0 radical (unpaired) electrons. The molecular weight excluding hydrogens is 470 g/mol. The van der Waals surface area contributed by atoms with E-state index in [2.05, 4.69) is 14.9 Å². The predicted octanol–water partition coefficient (Wildman–Crippen LogP) is 2.90. The molecule has 0 unspecified atom stereocenters. The zero-order chi connectivity index (χ0) is 24.6. The van der Waals surface area contributed by atoms with Crippen LogP contribution in [-0.2, 0) is 14.8 Å². The van der Waals surface area contributed by atoms with Gasteiger partial charge in [-0.15, -0.1) is 0 Å². The average molecular weight is 502 g/mol. The predicted molar refractivity (Wildman–Crippen MR) is 131 cm³/mol. The first-order valence-electron chi connectivity index (χ1n) is 12.1. The van der Waals surface area contributed by atoms with Gasteiger partial charge in [0.15, 0.2) is 10.7 Å². The van der Waals surface area contributed by atoms with Crippen molar-refractivity contribution in [1.29, 1.82) is 0 Å². The highest BCUT2D eigenvalue weighted by Crippen LogP contribution is 2.47. The van der Waals surface area contributed by atoms with Crippen molar-refractivity contribution in [3.8, 4) is 5.88 Å². The fraction of sp³-hybridized carbons (Fsp3) is 0.542. The zero-order valence-corrected chi connectivity index (χ0v) is 20.4. The van der Waals surface area contributed by atoms with Crippen molar-refractivity contribution >= 4 is 33.2 Å². The van der Waals surface area contributed by atoms with E-state index in [0.717, 1.165) is 57.3 Å². The van der Waals surface area contributed by atoms with Crippen molar-refractivity contribution in [3.05, 3.63) is 30.6 Å². The molecular formula is C24H31N5O5S. The minimum atomic E-state index is -3.96. The summed E-state index contributed by atoms with van der Waals surface area (Å²) in [5.41, 5.74) is 7.81. The summed E-state index contributed by atoms with van der Waals surface area (Å²) in [5.74, 6) is -0.516. The summed E-state index contributed by atoms with van der Waals surface area (Å²) in [7, 11) is -3.96. The van der Waals surface area contributed by atoms with Gasteiger partial charge in [0, 0.05) is 25.2 Å². The van der Waals surface area contributed by atoms with Crippen LogP contribution < -0.4 is 19.7 Å². The van der Waals surface area contributed by atoms with E-state index < -0.39 is 16.0 Å². The number of anilines is 3. The van der Waals surface area contributed by atoms with Crippen molar-refractivity contribution in [2.75, 3.05) is 41.2 Å². The summed E-state index contributed by atoms with van der Waals surface area (Å²) in [6, 6.07) is 7.56. The number of ether oxygens (including phenoxy) is 1. The Morgan fingerprint density at radius 1 is 1.06 bits per heavy atom. The monoisotopic (exact) mass is 501 g/mol. The van der Waals surface area contributed by atoms with Crippen LogP contribution >= 0.6 is 0 Å². The van der Waals surface area contributed by atoms with Crippen molar-refractivity contribution < 1.29 is 23.1 Å². The largest absolute Gasteiger partial charge is 0.481 e. The van der Waals surface area contributed by atoms with Gasteiger partial charge in [-0.2, -0.15) is 0 Å². The number of nitrogens with two attached hydrogens (primary N) is 1. The second-order valence-corrected chi connectivity index (χ2v) is 11.7. The number of carboxylic acid groups (broad SMARTS) is 1. The van der Waals surface area contributed by atoms with E-state index >= 15 is 0 Å². The van der Waals surface area contributed by atoms with Gasteiger partial charge in [-0.05, 0) is 74.1 Å². The molecule has 1 saturated carbocycles. The molecule has 0 amide bonds. The lowest BCUT2D eigenvalue weighted by molar-refractivity contribution is -0.138. The fourth-order valence-electron chi connectivity index (χ4n) is 5.75. The Balaban J connectivity index is 1.26. The topological polar surface area (TPSA) is 139 Å². The summed E-state index contributed by atoms with van der Waals surface area (Å²) in [5, 5.41) is 9.07. The third-order valence-electron chi connectivity index (χ3n) is 7.84. The smallest absolute Gasteiger partial charge is 0.303 e. The van der Waals surface area contributed by atoms with Crippen LogP contribution in [0.2, 0.25) is 0 Å². The number of benzene rings is 1. The number of nitrogen functional groups attached to an aromatic ring is 1. The molecule has 11 heteroatoms. The lowest BCUT2D eigenvalue weighted by Crippen LogP contribution is -2.42. The molecule has 1 aromatic carbocycles. The van der Waals surface area contributed by atoms with Gasteiger partial charge >= 0.3 is 5.97 Å². The van der Waals surface area contributed by atoms with E-state index in [1.54, 1.807) is 0 Å². The third kappa shape index (κ3) is 4.61. The standard InChI is InChI=1S/C24H31N5O5S/c25-22-21-23(27-16-26-22)34-14-13-29(35(21,32)33)19-3-1-18(2-4-19)28-11-9-24(10-12-28)7-5-17(6-8-24)15-20(30)31/h1-4,16-17H,5-15H2,(H,30,31)(H2,25,26,27). The Morgan fingerprint density at radius 3 is 2.37 bits per heavy atom. The molecule has 1 spiro atoms. The van der Waals surface area contributed by atoms with Crippen LogP contribution in [-0.4, -0.2) is 55.7 Å². The maximum atomic E-state index is 13.3. The molecule has 1 saturated heterocycles. The molecule has 10 nitrogen and oxygen atoms in total. The second-order valence-electron chi connectivity index (χ2n) is 9.86. The molecule has 3 aliphatic rings. The van der Waals surface area contributed by atoms with Crippen molar-refractivity contribution in [3.63, 3.8) is 0 Å². The van der Waals surface area contributed by atoms with Crippen molar-refractivity contribution in [1.82, 2.24) is 9.97 Å². The summed E-state index contributed by atoms with van der Waals surface area (Å²) in [6.45, 7) is 2.19. The van der Waals surface area contributed by atoms with Gasteiger partial charge in [-0.1, -0.05) is 0 Å². The zero-order valence-electron chi connectivity index (χ0n) is 19.6. The van der Waals surface area contributed by atoms with E-state index in [0.29, 0.717) is 23.4 Å². The van der Waals surface area contributed by atoms with E-state index in [4.69, 9.17) is 15.6 Å². The molecule has 1 aromatic heterocycles. The number of aromatic nitrogens is 2. The molecule has 0 bridgehead atoms. The Labute approximate surface area is 205 Å². The van der Waals surface area contributed by atoms with E-state index in [-0.39, 0.29) is 29.7 Å². The molecule has 3 heterocycles. The van der Waals surface area contributed by atoms with Gasteiger partial charge in [0.25, 0.3) is 10.0 Å². The normalized spacial score (nSPS) is 21.7. The van der Waals surface area contributed by atoms with Gasteiger partial charge < -0.3 is 20.5 Å². The maximum Gasteiger partial charge on any atom is 0.303 e. The molecule has 0 atom stereocenters. The fourth-order valence-corrected chi connectivity index (χ4v) is 7.33. The van der Waals surface area contributed by atoms with Crippen LogP contribution in [0.3, 0.4) is 0 Å². The summed E-state index contributed by atoms with van der Waals surface area (Å²) >= 11 is 0. The number of sulfonamides is 1. The van der Waals surface area contributed by atoms with Crippen LogP contribution in [0.5, 0.6) is 5.88 Å². The van der Waals surface area contributed by atoms with E-state index in [1.165, 1.54) is 10.6 Å². The Hall–Kier alpha value is -3.08. The van der Waals surface area contributed by atoms with Crippen LogP contribution in [0.25, 0.3) is 0 Å². The van der Waals surface area contributed by atoms with E-state index in [9.17, 15) is 13.2 Å².